The predicted octanol–water partition coefficient (Wildman–Crippen LogP) is 2.96. The van der Waals surface area contributed by atoms with Crippen LogP contribution in [0, 0.1) is 5.82 Å². The monoisotopic (exact) mass is 284 g/mol. The highest BCUT2D eigenvalue weighted by molar-refractivity contribution is 6.06. The van der Waals surface area contributed by atoms with E-state index in [4.69, 9.17) is 4.84 Å². The molecule has 1 N–H and O–H groups in total. The third kappa shape index (κ3) is 3.08. The first kappa shape index (κ1) is 13.3. The Kier molecular flexibility index (Phi) is 3.64. The van der Waals surface area contributed by atoms with Crippen LogP contribution in [-0.2, 0) is 9.63 Å². The van der Waals surface area contributed by atoms with E-state index >= 15 is 0 Å². The molecule has 1 heterocycles. The van der Waals surface area contributed by atoms with Crippen molar-refractivity contribution >= 4 is 17.3 Å². The van der Waals surface area contributed by atoms with E-state index in [1.165, 1.54) is 12.1 Å². The van der Waals surface area contributed by atoms with Crippen LogP contribution in [-0.4, -0.2) is 17.7 Å². The van der Waals surface area contributed by atoms with Gasteiger partial charge in [-0.3, -0.25) is 4.79 Å². The molecule has 0 aromatic heterocycles. The maximum Gasteiger partial charge on any atom is 0.268 e. The average Bonchev–Trinajstić information content (AvgIpc) is 2.98. The van der Waals surface area contributed by atoms with Crippen molar-refractivity contribution < 1.29 is 14.0 Å². The standard InChI is InChI=1S/C16H13FN2O2/c17-12-6-4-5-11(9-12)14-10-15(21-19-14)16(20)18-13-7-2-1-3-8-13/h1-9,15H,10H2,(H,18,20). The molecule has 1 aliphatic heterocycles. The molecule has 0 fully saturated rings. The summed E-state index contributed by atoms with van der Waals surface area (Å²) < 4.78 is 13.2. The van der Waals surface area contributed by atoms with Crippen molar-refractivity contribution in [2.45, 2.75) is 12.5 Å². The minimum Gasteiger partial charge on any atom is -0.382 e. The number of nitrogens with one attached hydrogen (secondary N) is 1. The number of anilines is 1. The largest absolute Gasteiger partial charge is 0.382 e. The van der Waals surface area contributed by atoms with Gasteiger partial charge >= 0.3 is 0 Å². The van der Waals surface area contributed by atoms with E-state index in [1.807, 2.05) is 18.2 Å². The fraction of sp³-hybridized carbons (Fsp3) is 0.125. The number of carbonyl (C=O) groups excluding carboxylic acids is 1. The molecule has 1 amide bonds. The molecule has 1 unspecified atom stereocenters. The summed E-state index contributed by atoms with van der Waals surface area (Å²) in [5, 5.41) is 6.64. The van der Waals surface area contributed by atoms with E-state index in [2.05, 4.69) is 10.5 Å². The SMILES string of the molecule is O=C(Nc1ccccc1)C1CC(c2cccc(F)c2)=NO1. The van der Waals surface area contributed by atoms with Crippen LogP contribution in [0.25, 0.3) is 0 Å². The summed E-state index contributed by atoms with van der Waals surface area (Å²) >= 11 is 0. The maximum absolute atomic E-state index is 13.2. The van der Waals surface area contributed by atoms with E-state index in [0.717, 1.165) is 0 Å². The van der Waals surface area contributed by atoms with E-state index < -0.39 is 6.10 Å². The molecule has 21 heavy (non-hydrogen) atoms. The summed E-state index contributed by atoms with van der Waals surface area (Å²) in [7, 11) is 0. The summed E-state index contributed by atoms with van der Waals surface area (Å²) in [6.45, 7) is 0. The zero-order valence-electron chi connectivity index (χ0n) is 11.1. The van der Waals surface area contributed by atoms with Gasteiger partial charge in [-0.05, 0) is 24.3 Å². The van der Waals surface area contributed by atoms with Gasteiger partial charge < -0.3 is 10.2 Å². The third-order valence-corrected chi connectivity index (χ3v) is 3.16. The Morgan fingerprint density at radius 3 is 2.76 bits per heavy atom. The van der Waals surface area contributed by atoms with Crippen LogP contribution in [0.15, 0.2) is 59.8 Å². The minimum absolute atomic E-state index is 0.267. The number of para-hydroxylation sites is 1. The number of halogens is 1. The normalized spacial score (nSPS) is 17.0. The van der Waals surface area contributed by atoms with Crippen molar-refractivity contribution in [1.82, 2.24) is 0 Å². The van der Waals surface area contributed by atoms with Gasteiger partial charge in [0, 0.05) is 17.7 Å². The highest BCUT2D eigenvalue weighted by Gasteiger charge is 2.29. The van der Waals surface area contributed by atoms with Gasteiger partial charge in [-0.25, -0.2) is 4.39 Å². The van der Waals surface area contributed by atoms with Crippen molar-refractivity contribution in [3.63, 3.8) is 0 Å². The van der Waals surface area contributed by atoms with E-state index in [9.17, 15) is 9.18 Å². The van der Waals surface area contributed by atoms with Gasteiger partial charge in [0.2, 0.25) is 6.10 Å². The molecule has 106 valence electrons. The second kappa shape index (κ2) is 5.75. The molecule has 1 atom stereocenters. The Hall–Kier alpha value is -2.69. The first-order valence-electron chi connectivity index (χ1n) is 6.57. The van der Waals surface area contributed by atoms with Gasteiger partial charge in [-0.1, -0.05) is 35.5 Å². The van der Waals surface area contributed by atoms with Crippen LogP contribution < -0.4 is 5.32 Å². The fourth-order valence-electron chi connectivity index (χ4n) is 2.10. The lowest BCUT2D eigenvalue weighted by atomic mass is 10.0. The lowest BCUT2D eigenvalue weighted by Crippen LogP contribution is -2.28. The van der Waals surface area contributed by atoms with Crippen molar-refractivity contribution in [1.29, 1.82) is 0 Å². The fourth-order valence-corrected chi connectivity index (χ4v) is 2.10. The number of hydrogen-bond acceptors (Lipinski definition) is 3. The zero-order valence-corrected chi connectivity index (χ0v) is 11.1. The number of nitrogens with zero attached hydrogens (tertiary/aromatic N) is 1. The van der Waals surface area contributed by atoms with Crippen LogP contribution >= 0.6 is 0 Å². The minimum atomic E-state index is -0.691. The first-order chi connectivity index (χ1) is 10.2. The second-order valence-corrected chi connectivity index (χ2v) is 4.70. The summed E-state index contributed by atoms with van der Waals surface area (Å²) in [6, 6.07) is 15.2. The Balaban J connectivity index is 1.65. The number of benzene rings is 2. The number of oxime groups is 1. The van der Waals surface area contributed by atoms with Crippen LogP contribution in [0.4, 0.5) is 10.1 Å². The lowest BCUT2D eigenvalue weighted by Gasteiger charge is -2.09. The van der Waals surface area contributed by atoms with Crippen molar-refractivity contribution in [2.75, 3.05) is 5.32 Å². The number of amides is 1. The molecule has 5 heteroatoms. The van der Waals surface area contributed by atoms with Crippen molar-refractivity contribution in [2.24, 2.45) is 5.16 Å². The molecule has 0 saturated carbocycles. The summed E-state index contributed by atoms with van der Waals surface area (Å²) in [5.41, 5.74) is 1.90. The molecule has 4 nitrogen and oxygen atoms in total. The quantitative estimate of drug-likeness (QED) is 0.942. The van der Waals surface area contributed by atoms with E-state index in [-0.39, 0.29) is 11.7 Å². The molecule has 2 aromatic carbocycles. The molecule has 3 rings (SSSR count). The Labute approximate surface area is 121 Å². The van der Waals surface area contributed by atoms with Gasteiger partial charge in [-0.15, -0.1) is 0 Å². The molecule has 0 bridgehead atoms. The van der Waals surface area contributed by atoms with E-state index in [0.29, 0.717) is 23.4 Å². The number of hydrogen-bond donors (Lipinski definition) is 1. The predicted molar refractivity (Wildman–Crippen MR) is 77.5 cm³/mol. The molecule has 0 radical (unpaired) electrons. The summed E-state index contributed by atoms with van der Waals surface area (Å²) in [4.78, 5) is 17.2. The summed E-state index contributed by atoms with van der Waals surface area (Å²) in [5.74, 6) is -0.608. The third-order valence-electron chi connectivity index (χ3n) is 3.16. The lowest BCUT2D eigenvalue weighted by molar-refractivity contribution is -0.125. The average molecular weight is 284 g/mol. The molecule has 0 spiro atoms. The second-order valence-electron chi connectivity index (χ2n) is 4.70. The number of carbonyl (C=O) groups is 1. The molecule has 2 aromatic rings. The first-order valence-corrected chi connectivity index (χ1v) is 6.57. The molecule has 1 aliphatic rings. The van der Waals surface area contributed by atoms with Crippen LogP contribution in [0.1, 0.15) is 12.0 Å². The topological polar surface area (TPSA) is 50.7 Å². The highest BCUT2D eigenvalue weighted by atomic mass is 19.1. The van der Waals surface area contributed by atoms with E-state index in [1.54, 1.807) is 24.3 Å². The van der Waals surface area contributed by atoms with Gasteiger partial charge in [0.25, 0.3) is 5.91 Å². The highest BCUT2D eigenvalue weighted by Crippen LogP contribution is 2.19. The van der Waals surface area contributed by atoms with Crippen molar-refractivity contribution in [3.8, 4) is 0 Å². The van der Waals surface area contributed by atoms with Gasteiger partial charge in [0.1, 0.15) is 5.82 Å². The van der Waals surface area contributed by atoms with Gasteiger partial charge in [0.05, 0.1) is 5.71 Å². The molecule has 0 saturated heterocycles. The summed E-state index contributed by atoms with van der Waals surface area (Å²) in [6.07, 6.45) is -0.370. The van der Waals surface area contributed by atoms with Crippen molar-refractivity contribution in [3.05, 3.63) is 66.0 Å². The molecular weight excluding hydrogens is 271 g/mol. The van der Waals surface area contributed by atoms with Crippen LogP contribution in [0.2, 0.25) is 0 Å². The maximum atomic E-state index is 13.2. The van der Waals surface area contributed by atoms with Crippen LogP contribution in [0.3, 0.4) is 0 Å². The smallest absolute Gasteiger partial charge is 0.268 e. The molecular formula is C16H13FN2O2. The Morgan fingerprint density at radius 1 is 1.19 bits per heavy atom. The Morgan fingerprint density at radius 2 is 2.00 bits per heavy atom. The van der Waals surface area contributed by atoms with Gasteiger partial charge in [0.15, 0.2) is 0 Å². The Bertz CT molecular complexity index is 686. The molecule has 0 aliphatic carbocycles. The number of rotatable bonds is 3. The van der Waals surface area contributed by atoms with Gasteiger partial charge in [-0.2, -0.15) is 0 Å². The zero-order chi connectivity index (χ0) is 14.7. The van der Waals surface area contributed by atoms with Crippen LogP contribution in [0.5, 0.6) is 0 Å².